The topological polar surface area (TPSA) is 103 Å². The summed E-state index contributed by atoms with van der Waals surface area (Å²) in [5.41, 5.74) is 0. The van der Waals surface area contributed by atoms with E-state index >= 15 is 0 Å². The van der Waals surface area contributed by atoms with Crippen LogP contribution in [0.25, 0.3) is 0 Å². The van der Waals surface area contributed by atoms with E-state index in [0.29, 0.717) is 19.6 Å². The first kappa shape index (κ1) is 25.6. The lowest BCUT2D eigenvalue weighted by Crippen LogP contribution is -2.47. The minimum absolute atomic E-state index is 0. The molecule has 29 heavy (non-hydrogen) atoms. The summed E-state index contributed by atoms with van der Waals surface area (Å²) >= 11 is 0. The average Bonchev–Trinajstić information content (AvgIpc) is 3.08. The number of aryl methyl sites for hydroxylation is 1. The molecule has 2 rings (SSSR count). The molecule has 1 aromatic heterocycles. The van der Waals surface area contributed by atoms with Crippen molar-refractivity contribution >= 4 is 35.9 Å². The second-order valence-electron chi connectivity index (χ2n) is 6.91. The van der Waals surface area contributed by atoms with Crippen LogP contribution in [0.2, 0.25) is 0 Å². The largest absolute Gasteiger partial charge is 0.466 e. The van der Waals surface area contributed by atoms with Crippen molar-refractivity contribution in [3.63, 3.8) is 0 Å². The molecule has 1 atom stereocenters. The molecule has 0 saturated heterocycles. The zero-order chi connectivity index (χ0) is 20.2. The predicted octanol–water partition coefficient (Wildman–Crippen LogP) is 2.04. The summed E-state index contributed by atoms with van der Waals surface area (Å²) in [5.74, 6) is 2.49. The molecule has 0 saturated carbocycles. The molecule has 0 spiro atoms. The SMILES string of the molecule is CCOC(=O)CCCCCCNC(=NC)NC1CCc2nc(COC)nn2C1.I. The Labute approximate surface area is 190 Å². The average molecular weight is 522 g/mol. The van der Waals surface area contributed by atoms with Crippen LogP contribution in [0.5, 0.6) is 0 Å². The molecule has 1 unspecified atom stereocenters. The first-order valence-electron chi connectivity index (χ1n) is 10.2. The van der Waals surface area contributed by atoms with Gasteiger partial charge in [0.25, 0.3) is 0 Å². The molecule has 0 aromatic carbocycles. The van der Waals surface area contributed by atoms with Gasteiger partial charge in [0.05, 0.1) is 13.2 Å². The number of hydrogen-bond acceptors (Lipinski definition) is 6. The van der Waals surface area contributed by atoms with Crippen molar-refractivity contribution in [2.75, 3.05) is 27.3 Å². The predicted molar refractivity (Wildman–Crippen MR) is 122 cm³/mol. The Kier molecular flexibility index (Phi) is 12.8. The van der Waals surface area contributed by atoms with Crippen LogP contribution in [0, 0.1) is 0 Å². The number of methoxy groups -OCH3 is 1. The van der Waals surface area contributed by atoms with Gasteiger partial charge in [-0.3, -0.25) is 9.79 Å². The zero-order valence-electron chi connectivity index (χ0n) is 17.8. The molecule has 0 radical (unpaired) electrons. The molecule has 166 valence electrons. The molecule has 0 bridgehead atoms. The maximum atomic E-state index is 11.3. The number of guanidine groups is 1. The first-order valence-corrected chi connectivity index (χ1v) is 10.2. The molecule has 10 heteroatoms. The number of rotatable bonds is 11. The van der Waals surface area contributed by atoms with Gasteiger partial charge >= 0.3 is 5.97 Å². The lowest BCUT2D eigenvalue weighted by atomic mass is 10.1. The van der Waals surface area contributed by atoms with Crippen LogP contribution >= 0.6 is 24.0 Å². The first-order chi connectivity index (χ1) is 13.7. The van der Waals surface area contributed by atoms with Crippen molar-refractivity contribution < 1.29 is 14.3 Å². The lowest BCUT2D eigenvalue weighted by molar-refractivity contribution is -0.143. The normalized spacial score (nSPS) is 16.0. The van der Waals surface area contributed by atoms with E-state index in [-0.39, 0.29) is 36.0 Å². The van der Waals surface area contributed by atoms with Gasteiger partial charge in [-0.05, 0) is 26.2 Å². The number of aromatic nitrogens is 3. The molecular weight excluding hydrogens is 487 g/mol. The number of halogens is 1. The molecule has 1 aromatic rings. The van der Waals surface area contributed by atoms with Crippen molar-refractivity contribution in [3.8, 4) is 0 Å². The van der Waals surface area contributed by atoms with Crippen LogP contribution < -0.4 is 10.6 Å². The Morgan fingerprint density at radius 1 is 1.31 bits per heavy atom. The van der Waals surface area contributed by atoms with Crippen molar-refractivity contribution in [1.82, 2.24) is 25.4 Å². The number of fused-ring (bicyclic) bond motifs is 1. The number of nitrogens with one attached hydrogen (secondary N) is 2. The van der Waals surface area contributed by atoms with E-state index in [1.807, 2.05) is 11.6 Å². The molecule has 2 heterocycles. The van der Waals surface area contributed by atoms with Crippen molar-refractivity contribution in [1.29, 1.82) is 0 Å². The summed E-state index contributed by atoms with van der Waals surface area (Å²) in [6.07, 6.45) is 6.46. The lowest BCUT2D eigenvalue weighted by Gasteiger charge is -2.25. The van der Waals surface area contributed by atoms with Crippen LogP contribution in [0.15, 0.2) is 4.99 Å². The van der Waals surface area contributed by atoms with Crippen LogP contribution in [-0.2, 0) is 33.8 Å². The van der Waals surface area contributed by atoms with E-state index in [0.717, 1.165) is 69.2 Å². The number of aliphatic imine (C=N–C) groups is 1. The molecule has 0 aliphatic carbocycles. The van der Waals surface area contributed by atoms with Crippen LogP contribution in [-0.4, -0.2) is 60.0 Å². The summed E-state index contributed by atoms with van der Waals surface area (Å²) < 4.78 is 12.0. The Morgan fingerprint density at radius 2 is 2.10 bits per heavy atom. The Morgan fingerprint density at radius 3 is 2.83 bits per heavy atom. The van der Waals surface area contributed by atoms with Crippen LogP contribution in [0.4, 0.5) is 0 Å². The number of carbonyl (C=O) groups is 1. The maximum absolute atomic E-state index is 11.3. The summed E-state index contributed by atoms with van der Waals surface area (Å²) in [6.45, 7) is 4.38. The minimum Gasteiger partial charge on any atom is -0.466 e. The van der Waals surface area contributed by atoms with Gasteiger partial charge in [0.2, 0.25) is 0 Å². The van der Waals surface area contributed by atoms with Gasteiger partial charge < -0.3 is 20.1 Å². The third kappa shape index (κ3) is 9.28. The molecule has 0 amide bonds. The van der Waals surface area contributed by atoms with Crippen molar-refractivity contribution in [3.05, 3.63) is 11.6 Å². The maximum Gasteiger partial charge on any atom is 0.305 e. The van der Waals surface area contributed by atoms with Crippen molar-refractivity contribution in [2.24, 2.45) is 4.99 Å². The Balaban J connectivity index is 0.00000420. The number of unbranched alkanes of at least 4 members (excludes halogenated alkanes) is 3. The molecular formula is C19H35IN6O3. The fourth-order valence-electron chi connectivity index (χ4n) is 3.24. The monoisotopic (exact) mass is 522 g/mol. The van der Waals surface area contributed by atoms with Gasteiger partial charge in [0, 0.05) is 39.6 Å². The molecule has 9 nitrogen and oxygen atoms in total. The summed E-state index contributed by atoms with van der Waals surface area (Å²) in [7, 11) is 3.44. The highest BCUT2D eigenvalue weighted by atomic mass is 127. The second-order valence-corrected chi connectivity index (χ2v) is 6.91. The fraction of sp³-hybridized carbons (Fsp3) is 0.789. The van der Waals surface area contributed by atoms with Gasteiger partial charge in [-0.1, -0.05) is 12.8 Å². The van der Waals surface area contributed by atoms with Crippen LogP contribution in [0.3, 0.4) is 0 Å². The Bertz CT molecular complexity index is 637. The summed E-state index contributed by atoms with van der Waals surface area (Å²) in [5, 5.41) is 11.3. The van der Waals surface area contributed by atoms with Gasteiger partial charge in [0.15, 0.2) is 11.8 Å². The third-order valence-corrected chi connectivity index (χ3v) is 4.65. The van der Waals surface area contributed by atoms with Gasteiger partial charge in [-0.25, -0.2) is 9.67 Å². The molecule has 0 fully saturated rings. The molecule has 1 aliphatic heterocycles. The number of ether oxygens (including phenoxy) is 2. The standard InChI is InChI=1S/C19H34N6O3.HI/c1-4-28-18(26)9-7-5-6-8-12-21-19(20-2)22-15-10-11-17-23-16(14-27-3)24-25(17)13-15;/h15H,4-14H2,1-3H3,(H2,20,21,22);1H. The molecule has 1 aliphatic rings. The van der Waals surface area contributed by atoms with E-state index in [1.165, 1.54) is 0 Å². The smallest absolute Gasteiger partial charge is 0.305 e. The third-order valence-electron chi connectivity index (χ3n) is 4.65. The quantitative estimate of drug-likeness (QED) is 0.151. The van der Waals surface area contributed by atoms with Gasteiger partial charge in [-0.15, -0.1) is 24.0 Å². The number of nitrogens with zero attached hydrogens (tertiary/aromatic N) is 4. The highest BCUT2D eigenvalue weighted by Gasteiger charge is 2.22. The van der Waals surface area contributed by atoms with Gasteiger partial charge in [-0.2, -0.15) is 5.10 Å². The van der Waals surface area contributed by atoms with Crippen LogP contribution in [0.1, 0.15) is 57.1 Å². The minimum atomic E-state index is -0.0948. The van der Waals surface area contributed by atoms with E-state index in [2.05, 4.69) is 25.7 Å². The summed E-state index contributed by atoms with van der Waals surface area (Å²) in [6, 6.07) is 0.278. The second kappa shape index (κ2) is 14.5. The van der Waals surface area contributed by atoms with Gasteiger partial charge in [0.1, 0.15) is 12.4 Å². The highest BCUT2D eigenvalue weighted by molar-refractivity contribution is 14.0. The van der Waals surface area contributed by atoms with E-state index in [9.17, 15) is 4.79 Å². The van der Waals surface area contributed by atoms with E-state index in [4.69, 9.17) is 9.47 Å². The fourth-order valence-corrected chi connectivity index (χ4v) is 3.24. The van der Waals surface area contributed by atoms with E-state index in [1.54, 1.807) is 14.2 Å². The zero-order valence-corrected chi connectivity index (χ0v) is 20.1. The van der Waals surface area contributed by atoms with Crippen molar-refractivity contribution in [2.45, 2.75) is 71.1 Å². The number of esters is 1. The summed E-state index contributed by atoms with van der Waals surface area (Å²) in [4.78, 5) is 20.1. The molecule has 2 N–H and O–H groups in total. The number of carbonyl (C=O) groups excluding carboxylic acids is 1. The number of hydrogen-bond donors (Lipinski definition) is 2. The Hall–Kier alpha value is -1.43. The highest BCUT2D eigenvalue weighted by Crippen LogP contribution is 2.13. The van der Waals surface area contributed by atoms with E-state index < -0.39 is 0 Å².